The Hall–Kier alpha value is -4.28. The van der Waals surface area contributed by atoms with Gasteiger partial charge in [-0.05, 0) is 137 Å². The zero-order valence-corrected chi connectivity index (χ0v) is 46.7. The Labute approximate surface area is 451 Å². The number of nitrogens with zero attached hydrogens (tertiary/aromatic N) is 4. The summed E-state index contributed by atoms with van der Waals surface area (Å²) in [5, 5.41) is 6.12. The number of alkyl halides is 5. The summed E-state index contributed by atoms with van der Waals surface area (Å²) in [5.41, 5.74) is -2.53. The third kappa shape index (κ3) is 15.7. The molecule has 0 bridgehead atoms. The normalized spacial score (nSPS) is 20.7. The van der Waals surface area contributed by atoms with Crippen molar-refractivity contribution < 1.29 is 48.4 Å². The lowest BCUT2D eigenvalue weighted by atomic mass is 9.72. The first-order valence-corrected chi connectivity index (χ1v) is 30.7. The third-order valence-electron chi connectivity index (χ3n) is 15.6. The lowest BCUT2D eigenvalue weighted by molar-refractivity contribution is -0.133. The van der Waals surface area contributed by atoms with Crippen molar-refractivity contribution in [2.75, 3.05) is 95.0 Å². The van der Waals surface area contributed by atoms with E-state index >= 15 is 0 Å². The number of unbranched alkanes of at least 4 members (excludes halogenated alkanes) is 2. The maximum Gasteiger partial charge on any atom is 0.501 e. The van der Waals surface area contributed by atoms with E-state index in [1.54, 1.807) is 12.1 Å². The van der Waals surface area contributed by atoms with Gasteiger partial charge in [0.05, 0.1) is 10.6 Å². The molecule has 2 heterocycles. The molecule has 13 nitrogen and oxygen atoms in total. The molecule has 2 aliphatic heterocycles. The van der Waals surface area contributed by atoms with Gasteiger partial charge in [-0.3, -0.25) is 19.4 Å². The van der Waals surface area contributed by atoms with Gasteiger partial charge >= 0.3 is 5.51 Å². The summed E-state index contributed by atoms with van der Waals surface area (Å²) < 4.78 is 127. The van der Waals surface area contributed by atoms with Crippen LogP contribution in [0.3, 0.4) is 0 Å². The van der Waals surface area contributed by atoms with E-state index in [9.17, 15) is 48.4 Å². The van der Waals surface area contributed by atoms with Crippen LogP contribution in [0.2, 0.25) is 0 Å². The Morgan fingerprint density at radius 1 is 0.855 bits per heavy atom. The van der Waals surface area contributed by atoms with Gasteiger partial charge in [0, 0.05) is 106 Å². The maximum absolute atomic E-state index is 14.4. The fourth-order valence-electron chi connectivity index (χ4n) is 10.9. The number of anilines is 2. The molecule has 0 radical (unpaired) electrons. The molecule has 2 amide bonds. The quantitative estimate of drug-likeness (QED) is 0.0321. The molecule has 2 aliphatic carbocycles. The second-order valence-electron chi connectivity index (χ2n) is 21.6. The highest BCUT2D eigenvalue weighted by atomic mass is 32.2. The number of hydrogen-bond donors (Lipinski definition) is 3. The van der Waals surface area contributed by atoms with E-state index in [4.69, 9.17) is 0 Å². The Morgan fingerprint density at radius 3 is 2.18 bits per heavy atom. The standard InChI is InChI=1S/C55H76F5N7O6S3/c1-5-45(52(56)57)46-35-47(46)48-36-54(2,3)23-21-40(48)37-65-28-30-66(31-29-65)42-17-15-39(16-18-42)53(69)63-76(72,73)44-19-20-49(50(34-44)75(70,71)55(58,59)60)62-41(38-74-43-12-8-6-9-13-43)22-25-64-26-32-67(33-27-64)51(68)14-10-7-11-24-61-4/h6,8-9,12-13,15-20,34,41,45-47,52,61-62H,5,7,10-11,14,21-33,35-38H2,1-4H3,(H,63,69). The number of carbonyl (C=O) groups is 2. The molecule has 0 spiro atoms. The molecule has 3 N–H and O–H groups in total. The van der Waals surface area contributed by atoms with E-state index in [1.807, 2.05) is 53.9 Å². The zero-order chi connectivity index (χ0) is 54.8. The van der Waals surface area contributed by atoms with Crippen LogP contribution in [0.15, 0.2) is 98.6 Å². The number of sulfonamides is 1. The fourth-order valence-corrected chi connectivity index (χ4v) is 14.0. The SMILES string of the molecule is CCC(C(F)F)C1CC1C1=C(CN2CCN(c3ccc(C(=O)NS(=O)(=O)c4ccc(NC(CCN5CCN(C(=O)CCCCCNC)CC5)CSc5ccccc5)c(S(=O)(=O)C(F)(F)F)c4)cc3)CC2)CCC(C)(C)C1. The minimum atomic E-state index is -6.12. The predicted octanol–water partition coefficient (Wildman–Crippen LogP) is 9.54. The van der Waals surface area contributed by atoms with Crippen LogP contribution in [0, 0.1) is 23.2 Å². The number of benzene rings is 3. The van der Waals surface area contributed by atoms with Crippen LogP contribution in [0.4, 0.5) is 33.3 Å². The number of allylic oxidation sites excluding steroid dienone is 1. The molecule has 420 valence electrons. The monoisotopic (exact) mass is 1120 g/mol. The van der Waals surface area contributed by atoms with E-state index in [0.717, 1.165) is 93.8 Å². The Morgan fingerprint density at radius 2 is 1.54 bits per heavy atom. The highest BCUT2D eigenvalue weighted by molar-refractivity contribution is 7.99. The van der Waals surface area contributed by atoms with E-state index < -0.39 is 65.1 Å². The second kappa shape index (κ2) is 26.1. The van der Waals surface area contributed by atoms with Crippen molar-refractivity contribution in [1.29, 1.82) is 0 Å². The van der Waals surface area contributed by atoms with Gasteiger partial charge in [0.2, 0.25) is 12.3 Å². The molecule has 7 rings (SSSR count). The molecule has 2 saturated heterocycles. The average Bonchev–Trinajstić information content (AvgIpc) is 4.19. The Kier molecular flexibility index (Phi) is 20.4. The number of carbonyl (C=O) groups excluding carboxylic acids is 2. The van der Waals surface area contributed by atoms with Crippen LogP contribution in [0.5, 0.6) is 0 Å². The Balaban J connectivity index is 0.982. The van der Waals surface area contributed by atoms with Gasteiger partial charge in [-0.2, -0.15) is 13.2 Å². The summed E-state index contributed by atoms with van der Waals surface area (Å²) >= 11 is 1.43. The topological polar surface area (TPSA) is 151 Å². The summed E-state index contributed by atoms with van der Waals surface area (Å²) in [7, 11) is -9.12. The van der Waals surface area contributed by atoms with Crippen molar-refractivity contribution in [2.24, 2.45) is 23.2 Å². The first kappa shape index (κ1) is 59.4. The van der Waals surface area contributed by atoms with E-state index in [0.29, 0.717) is 76.9 Å². The van der Waals surface area contributed by atoms with Crippen molar-refractivity contribution in [3.8, 4) is 0 Å². The van der Waals surface area contributed by atoms with Gasteiger partial charge in [0.1, 0.15) is 4.90 Å². The summed E-state index contributed by atoms with van der Waals surface area (Å²) in [5.74, 6) is -0.906. The summed E-state index contributed by atoms with van der Waals surface area (Å²) in [4.78, 5) is 33.6. The van der Waals surface area contributed by atoms with Crippen LogP contribution in [0.25, 0.3) is 0 Å². The molecule has 4 unspecified atom stereocenters. The number of thioether (sulfide) groups is 1. The number of halogens is 5. The molecule has 3 aromatic carbocycles. The molecule has 3 aromatic rings. The van der Waals surface area contributed by atoms with Gasteiger partial charge in [0.25, 0.3) is 25.8 Å². The summed E-state index contributed by atoms with van der Waals surface area (Å²) in [6.07, 6.45) is 5.60. The van der Waals surface area contributed by atoms with E-state index in [-0.39, 0.29) is 28.7 Å². The summed E-state index contributed by atoms with van der Waals surface area (Å²) in [6, 6.07) is 17.4. The van der Waals surface area contributed by atoms with E-state index in [2.05, 4.69) is 39.2 Å². The predicted molar refractivity (Wildman–Crippen MR) is 290 cm³/mol. The number of rotatable bonds is 25. The zero-order valence-electron chi connectivity index (χ0n) is 44.2. The minimum absolute atomic E-state index is 0.0369. The van der Waals surface area contributed by atoms with Gasteiger partial charge < -0.3 is 20.4 Å². The molecule has 4 aliphatic rings. The largest absolute Gasteiger partial charge is 0.501 e. The lowest BCUT2D eigenvalue weighted by Crippen LogP contribution is -2.49. The van der Waals surface area contributed by atoms with Crippen molar-refractivity contribution in [2.45, 2.75) is 118 Å². The first-order valence-electron chi connectivity index (χ1n) is 26.8. The number of amides is 2. The van der Waals surface area contributed by atoms with Crippen molar-refractivity contribution in [3.63, 3.8) is 0 Å². The van der Waals surface area contributed by atoms with Crippen LogP contribution >= 0.6 is 11.8 Å². The number of sulfone groups is 1. The van der Waals surface area contributed by atoms with Gasteiger partial charge in [0.15, 0.2) is 0 Å². The first-order chi connectivity index (χ1) is 36.1. The van der Waals surface area contributed by atoms with E-state index in [1.165, 1.54) is 35.0 Å². The molecule has 1 saturated carbocycles. The number of nitrogens with one attached hydrogen (secondary N) is 3. The second-order valence-corrected chi connectivity index (χ2v) is 26.3. The molecule has 3 fully saturated rings. The van der Waals surface area contributed by atoms with Gasteiger partial charge in [-0.25, -0.2) is 30.3 Å². The molecular weight excluding hydrogens is 1050 g/mol. The molecule has 0 aromatic heterocycles. The molecule has 4 atom stereocenters. The minimum Gasteiger partial charge on any atom is -0.380 e. The molecular formula is C55H76F5N7O6S3. The van der Waals surface area contributed by atoms with Gasteiger partial charge in [-0.15, -0.1) is 11.8 Å². The van der Waals surface area contributed by atoms with Crippen LogP contribution in [-0.2, 0) is 24.7 Å². The Bertz CT molecular complexity index is 2680. The maximum atomic E-state index is 14.4. The fraction of sp³-hybridized carbons (Fsp3) is 0.600. The number of hydrogen-bond acceptors (Lipinski definition) is 12. The van der Waals surface area contributed by atoms with Crippen LogP contribution in [-0.4, -0.2) is 146 Å². The number of piperazine rings is 2. The van der Waals surface area contributed by atoms with Crippen LogP contribution in [0.1, 0.15) is 95.3 Å². The van der Waals surface area contributed by atoms with Crippen molar-refractivity contribution >= 4 is 54.8 Å². The molecule has 76 heavy (non-hydrogen) atoms. The smallest absolute Gasteiger partial charge is 0.380 e. The van der Waals surface area contributed by atoms with Crippen LogP contribution < -0.4 is 20.3 Å². The van der Waals surface area contributed by atoms with Crippen molar-refractivity contribution in [1.82, 2.24) is 24.7 Å². The van der Waals surface area contributed by atoms with Gasteiger partial charge in [-0.1, -0.05) is 56.5 Å². The highest BCUT2D eigenvalue weighted by Crippen LogP contribution is 2.57. The molecule has 21 heteroatoms. The highest BCUT2D eigenvalue weighted by Gasteiger charge is 2.50. The average molecular weight is 1120 g/mol. The third-order valence-corrected chi connectivity index (χ3v) is 19.6. The lowest BCUT2D eigenvalue weighted by Gasteiger charge is -2.39. The van der Waals surface area contributed by atoms with Crippen molar-refractivity contribution in [3.05, 3.63) is 89.5 Å². The summed E-state index contributed by atoms with van der Waals surface area (Å²) in [6.45, 7) is 13.7.